The van der Waals surface area contributed by atoms with Crippen molar-refractivity contribution < 1.29 is 9.84 Å². The lowest BCUT2D eigenvalue weighted by Crippen LogP contribution is -1.94. The van der Waals surface area contributed by atoms with Gasteiger partial charge in [0.15, 0.2) is 0 Å². The predicted octanol–water partition coefficient (Wildman–Crippen LogP) is 3.58. The molecule has 0 bridgehead atoms. The first kappa shape index (κ1) is 11.9. The van der Waals surface area contributed by atoms with Crippen LogP contribution in [-0.4, -0.2) is 10.1 Å². The monoisotopic (exact) mass is 249 g/mol. The molecule has 17 heavy (non-hydrogen) atoms. The van der Waals surface area contributed by atoms with Gasteiger partial charge in [0, 0.05) is 17.3 Å². The standard InChI is InChI=1S/C13H12ClNO2/c1-9(16)10-6-7-15-13(8-10)17-12-4-2-11(14)3-5-12/h2-9,16H,1H3/t9-/m0/s1. The van der Waals surface area contributed by atoms with Crippen molar-refractivity contribution in [3.8, 4) is 11.6 Å². The van der Waals surface area contributed by atoms with Gasteiger partial charge >= 0.3 is 0 Å². The molecule has 0 amide bonds. The number of aliphatic hydroxyl groups is 1. The number of ether oxygens (including phenoxy) is 1. The summed E-state index contributed by atoms with van der Waals surface area (Å²) >= 11 is 5.78. The van der Waals surface area contributed by atoms with Gasteiger partial charge in [0.05, 0.1) is 6.10 Å². The molecule has 1 aromatic heterocycles. The highest BCUT2D eigenvalue weighted by molar-refractivity contribution is 6.30. The Morgan fingerprint density at radius 2 is 1.94 bits per heavy atom. The molecule has 0 fully saturated rings. The summed E-state index contributed by atoms with van der Waals surface area (Å²) in [7, 11) is 0. The first-order valence-corrected chi connectivity index (χ1v) is 5.60. The smallest absolute Gasteiger partial charge is 0.219 e. The van der Waals surface area contributed by atoms with Crippen molar-refractivity contribution in [2.75, 3.05) is 0 Å². The van der Waals surface area contributed by atoms with Crippen molar-refractivity contribution >= 4 is 11.6 Å². The highest BCUT2D eigenvalue weighted by Gasteiger charge is 2.04. The van der Waals surface area contributed by atoms with E-state index in [2.05, 4.69) is 4.98 Å². The number of hydrogen-bond acceptors (Lipinski definition) is 3. The molecule has 0 aliphatic carbocycles. The van der Waals surface area contributed by atoms with Gasteiger partial charge in [0.1, 0.15) is 5.75 Å². The van der Waals surface area contributed by atoms with E-state index in [1.54, 1.807) is 49.5 Å². The highest BCUT2D eigenvalue weighted by atomic mass is 35.5. The minimum atomic E-state index is -0.537. The summed E-state index contributed by atoms with van der Waals surface area (Å²) in [4.78, 5) is 4.07. The number of aromatic nitrogens is 1. The van der Waals surface area contributed by atoms with E-state index in [-0.39, 0.29) is 0 Å². The van der Waals surface area contributed by atoms with E-state index in [1.165, 1.54) is 0 Å². The molecule has 0 unspecified atom stereocenters. The summed E-state index contributed by atoms with van der Waals surface area (Å²) in [6.07, 6.45) is 1.07. The molecule has 0 saturated carbocycles. The molecule has 1 N–H and O–H groups in total. The third kappa shape index (κ3) is 3.19. The largest absolute Gasteiger partial charge is 0.439 e. The Labute approximate surface area is 105 Å². The van der Waals surface area contributed by atoms with Crippen LogP contribution in [0, 0.1) is 0 Å². The molecule has 1 heterocycles. The predicted molar refractivity (Wildman–Crippen MR) is 66.4 cm³/mol. The summed E-state index contributed by atoms with van der Waals surface area (Å²) in [5.74, 6) is 1.11. The van der Waals surface area contributed by atoms with Crippen molar-refractivity contribution in [3.05, 3.63) is 53.2 Å². The maximum Gasteiger partial charge on any atom is 0.219 e. The van der Waals surface area contributed by atoms with Gasteiger partial charge in [-0.3, -0.25) is 0 Å². The fourth-order valence-corrected chi connectivity index (χ4v) is 1.49. The normalized spacial score (nSPS) is 12.2. The molecule has 1 aromatic carbocycles. The summed E-state index contributed by atoms with van der Waals surface area (Å²) in [6.45, 7) is 1.70. The second-order valence-corrected chi connectivity index (χ2v) is 4.10. The third-order valence-corrected chi connectivity index (χ3v) is 2.53. The number of aliphatic hydroxyl groups excluding tert-OH is 1. The Morgan fingerprint density at radius 1 is 1.24 bits per heavy atom. The summed E-state index contributed by atoms with van der Waals surface area (Å²) < 4.78 is 5.54. The fourth-order valence-electron chi connectivity index (χ4n) is 1.36. The molecule has 0 aliphatic rings. The van der Waals surface area contributed by atoms with Crippen molar-refractivity contribution in [3.63, 3.8) is 0 Å². The molecular formula is C13H12ClNO2. The van der Waals surface area contributed by atoms with Crippen molar-refractivity contribution in [2.24, 2.45) is 0 Å². The van der Waals surface area contributed by atoms with Gasteiger partial charge in [-0.1, -0.05) is 11.6 Å². The first-order chi connectivity index (χ1) is 8.15. The molecular weight excluding hydrogens is 238 g/mol. The van der Waals surface area contributed by atoms with E-state index >= 15 is 0 Å². The molecule has 88 valence electrons. The number of nitrogens with zero attached hydrogens (tertiary/aromatic N) is 1. The number of hydrogen-bond donors (Lipinski definition) is 1. The van der Waals surface area contributed by atoms with E-state index in [0.717, 1.165) is 5.56 Å². The number of pyridine rings is 1. The molecule has 1 atom stereocenters. The van der Waals surface area contributed by atoms with E-state index in [1.807, 2.05) is 0 Å². The van der Waals surface area contributed by atoms with Crippen LogP contribution in [0.1, 0.15) is 18.6 Å². The molecule has 0 saturated heterocycles. The van der Waals surface area contributed by atoms with Crippen LogP contribution in [-0.2, 0) is 0 Å². The maximum absolute atomic E-state index is 9.45. The van der Waals surface area contributed by atoms with Crippen LogP contribution in [0.4, 0.5) is 0 Å². The molecule has 4 heteroatoms. The van der Waals surface area contributed by atoms with Gasteiger partial charge in [-0.05, 0) is 42.8 Å². The van der Waals surface area contributed by atoms with Crippen LogP contribution >= 0.6 is 11.6 Å². The molecule has 2 rings (SSSR count). The minimum absolute atomic E-state index is 0.450. The van der Waals surface area contributed by atoms with Crippen LogP contribution in [0.3, 0.4) is 0 Å². The summed E-state index contributed by atoms with van der Waals surface area (Å²) in [5.41, 5.74) is 0.768. The van der Waals surface area contributed by atoms with Crippen LogP contribution in [0.2, 0.25) is 5.02 Å². The van der Waals surface area contributed by atoms with Gasteiger partial charge in [-0.25, -0.2) is 4.98 Å². The minimum Gasteiger partial charge on any atom is -0.439 e. The second-order valence-electron chi connectivity index (χ2n) is 3.66. The lowest BCUT2D eigenvalue weighted by atomic mass is 10.2. The Hall–Kier alpha value is -1.58. The maximum atomic E-state index is 9.45. The van der Waals surface area contributed by atoms with Gasteiger partial charge in [-0.2, -0.15) is 0 Å². The average Bonchev–Trinajstić information content (AvgIpc) is 2.32. The summed E-state index contributed by atoms with van der Waals surface area (Å²) in [5, 5.41) is 10.1. The van der Waals surface area contributed by atoms with Gasteiger partial charge in [-0.15, -0.1) is 0 Å². The quantitative estimate of drug-likeness (QED) is 0.904. The van der Waals surface area contributed by atoms with Crippen LogP contribution in [0.5, 0.6) is 11.6 Å². The molecule has 0 aliphatic heterocycles. The molecule has 0 radical (unpaired) electrons. The van der Waals surface area contributed by atoms with Crippen molar-refractivity contribution in [2.45, 2.75) is 13.0 Å². The summed E-state index contributed by atoms with van der Waals surface area (Å²) in [6, 6.07) is 10.5. The number of halogens is 1. The molecule has 2 aromatic rings. The SMILES string of the molecule is C[C@H](O)c1ccnc(Oc2ccc(Cl)cc2)c1. The van der Waals surface area contributed by atoms with Gasteiger partial charge < -0.3 is 9.84 Å². The van der Waals surface area contributed by atoms with Crippen LogP contribution < -0.4 is 4.74 Å². The second kappa shape index (κ2) is 5.17. The van der Waals surface area contributed by atoms with Crippen molar-refractivity contribution in [1.82, 2.24) is 4.98 Å². The van der Waals surface area contributed by atoms with Crippen molar-refractivity contribution in [1.29, 1.82) is 0 Å². The van der Waals surface area contributed by atoms with E-state index in [4.69, 9.17) is 16.3 Å². The topological polar surface area (TPSA) is 42.4 Å². The Balaban J connectivity index is 2.18. The van der Waals surface area contributed by atoms with Gasteiger partial charge in [0.25, 0.3) is 0 Å². The zero-order valence-electron chi connectivity index (χ0n) is 9.30. The van der Waals surface area contributed by atoms with E-state index in [9.17, 15) is 5.11 Å². The zero-order valence-corrected chi connectivity index (χ0v) is 10.1. The average molecular weight is 250 g/mol. The number of rotatable bonds is 3. The first-order valence-electron chi connectivity index (χ1n) is 5.22. The Kier molecular flexibility index (Phi) is 3.61. The fraction of sp³-hybridized carbons (Fsp3) is 0.154. The Morgan fingerprint density at radius 3 is 2.59 bits per heavy atom. The number of benzene rings is 1. The Bertz CT molecular complexity index is 497. The third-order valence-electron chi connectivity index (χ3n) is 2.28. The van der Waals surface area contributed by atoms with E-state index < -0.39 is 6.10 Å². The zero-order chi connectivity index (χ0) is 12.3. The van der Waals surface area contributed by atoms with Gasteiger partial charge in [0.2, 0.25) is 5.88 Å². The molecule has 3 nitrogen and oxygen atoms in total. The van der Waals surface area contributed by atoms with Crippen LogP contribution in [0.25, 0.3) is 0 Å². The van der Waals surface area contributed by atoms with E-state index in [0.29, 0.717) is 16.7 Å². The molecule has 0 spiro atoms. The lowest BCUT2D eigenvalue weighted by molar-refractivity contribution is 0.198. The van der Waals surface area contributed by atoms with Crippen LogP contribution in [0.15, 0.2) is 42.6 Å². The highest BCUT2D eigenvalue weighted by Crippen LogP contribution is 2.23. The lowest BCUT2D eigenvalue weighted by Gasteiger charge is -2.08.